The van der Waals surface area contributed by atoms with E-state index in [-0.39, 0.29) is 11.9 Å². The van der Waals surface area contributed by atoms with Gasteiger partial charge in [-0.2, -0.15) is 4.31 Å². The lowest BCUT2D eigenvalue weighted by molar-refractivity contribution is -0.917. The standard InChI is InChI=1S/C19H31N3O3S/c1-6-7-20-19(23)17(5)21-8-10-22(11-9-21)26(24,25)18-15(3)12-14(2)13-16(18)4/h12-13,17H,6-11H2,1-5H3,(H,20,23)/p+1/t17-/m0/s1. The van der Waals surface area contributed by atoms with Crippen LogP contribution in [-0.2, 0) is 14.8 Å². The zero-order valence-electron chi connectivity index (χ0n) is 16.6. The van der Waals surface area contributed by atoms with Gasteiger partial charge in [0.25, 0.3) is 5.91 Å². The van der Waals surface area contributed by atoms with Crippen LogP contribution >= 0.6 is 0 Å². The van der Waals surface area contributed by atoms with Crippen LogP contribution in [0.5, 0.6) is 0 Å². The largest absolute Gasteiger partial charge is 0.351 e. The molecular weight excluding hydrogens is 350 g/mol. The van der Waals surface area contributed by atoms with Gasteiger partial charge in [0.2, 0.25) is 10.0 Å². The van der Waals surface area contributed by atoms with Gasteiger partial charge in [0.15, 0.2) is 6.04 Å². The first kappa shape index (κ1) is 20.9. The van der Waals surface area contributed by atoms with Crippen LogP contribution in [0.4, 0.5) is 0 Å². The van der Waals surface area contributed by atoms with Crippen LogP contribution in [0, 0.1) is 20.8 Å². The molecule has 1 fully saturated rings. The summed E-state index contributed by atoms with van der Waals surface area (Å²) in [6.45, 7) is 12.5. The maximum Gasteiger partial charge on any atom is 0.278 e. The van der Waals surface area contributed by atoms with E-state index in [4.69, 9.17) is 0 Å². The van der Waals surface area contributed by atoms with Crippen molar-refractivity contribution in [3.63, 3.8) is 0 Å². The Kier molecular flexibility index (Phi) is 6.82. The number of amides is 1. The Balaban J connectivity index is 2.09. The van der Waals surface area contributed by atoms with Gasteiger partial charge in [-0.25, -0.2) is 8.42 Å². The highest BCUT2D eigenvalue weighted by Gasteiger charge is 2.35. The number of hydrogen-bond acceptors (Lipinski definition) is 3. The molecule has 2 rings (SSSR count). The summed E-state index contributed by atoms with van der Waals surface area (Å²) in [5.74, 6) is 0.0448. The molecule has 0 spiro atoms. The van der Waals surface area contributed by atoms with Gasteiger partial charge < -0.3 is 10.2 Å². The molecule has 0 bridgehead atoms. The molecule has 146 valence electrons. The maximum absolute atomic E-state index is 13.1. The minimum atomic E-state index is -3.50. The van der Waals surface area contributed by atoms with Crippen molar-refractivity contribution in [2.75, 3.05) is 32.7 Å². The fourth-order valence-electron chi connectivity index (χ4n) is 3.74. The molecule has 0 radical (unpaired) electrons. The Morgan fingerprint density at radius 1 is 1.19 bits per heavy atom. The summed E-state index contributed by atoms with van der Waals surface area (Å²) in [5, 5.41) is 2.93. The summed E-state index contributed by atoms with van der Waals surface area (Å²) >= 11 is 0. The number of carbonyl (C=O) groups excluding carboxylic acids is 1. The van der Waals surface area contributed by atoms with Gasteiger partial charge in [-0.3, -0.25) is 4.79 Å². The van der Waals surface area contributed by atoms with Gasteiger partial charge >= 0.3 is 0 Å². The number of aryl methyl sites for hydroxylation is 3. The van der Waals surface area contributed by atoms with Crippen LogP contribution in [0.15, 0.2) is 17.0 Å². The highest BCUT2D eigenvalue weighted by atomic mass is 32.2. The van der Waals surface area contributed by atoms with E-state index in [2.05, 4.69) is 5.32 Å². The van der Waals surface area contributed by atoms with Crippen LogP contribution in [-0.4, -0.2) is 57.4 Å². The van der Waals surface area contributed by atoms with Crippen molar-refractivity contribution in [3.8, 4) is 0 Å². The van der Waals surface area contributed by atoms with E-state index in [9.17, 15) is 13.2 Å². The van der Waals surface area contributed by atoms with Crippen molar-refractivity contribution in [1.82, 2.24) is 9.62 Å². The van der Waals surface area contributed by atoms with E-state index in [0.29, 0.717) is 37.6 Å². The third kappa shape index (κ3) is 4.45. The van der Waals surface area contributed by atoms with Gasteiger partial charge in [0, 0.05) is 6.54 Å². The molecule has 0 aromatic heterocycles. The summed E-state index contributed by atoms with van der Waals surface area (Å²) in [7, 11) is -3.50. The monoisotopic (exact) mass is 382 g/mol. The number of rotatable bonds is 6. The lowest BCUT2D eigenvalue weighted by Gasteiger charge is -2.34. The molecule has 0 saturated carbocycles. The van der Waals surface area contributed by atoms with Crippen molar-refractivity contribution in [3.05, 3.63) is 28.8 Å². The average molecular weight is 383 g/mol. The molecule has 1 heterocycles. The van der Waals surface area contributed by atoms with Crippen LogP contribution in [0.3, 0.4) is 0 Å². The summed E-state index contributed by atoms with van der Waals surface area (Å²) in [6, 6.07) is 3.68. The van der Waals surface area contributed by atoms with Gasteiger partial charge in [-0.05, 0) is 45.2 Å². The predicted octanol–water partition coefficient (Wildman–Crippen LogP) is 0.416. The molecule has 1 aliphatic rings. The second kappa shape index (κ2) is 8.50. The highest BCUT2D eigenvalue weighted by molar-refractivity contribution is 7.89. The van der Waals surface area contributed by atoms with Crippen LogP contribution in [0.1, 0.15) is 37.0 Å². The van der Waals surface area contributed by atoms with Crippen LogP contribution < -0.4 is 10.2 Å². The smallest absolute Gasteiger partial charge is 0.278 e. The zero-order valence-corrected chi connectivity index (χ0v) is 17.4. The second-order valence-electron chi connectivity index (χ2n) is 7.30. The number of piperazine rings is 1. The first-order valence-corrected chi connectivity index (χ1v) is 10.8. The second-order valence-corrected chi connectivity index (χ2v) is 9.18. The molecule has 1 aromatic rings. The molecule has 1 amide bonds. The molecule has 1 atom stereocenters. The Morgan fingerprint density at radius 2 is 1.73 bits per heavy atom. The number of quaternary nitrogens is 1. The van der Waals surface area contributed by atoms with E-state index in [1.165, 1.54) is 0 Å². The van der Waals surface area contributed by atoms with Gasteiger partial charge in [0.1, 0.15) is 0 Å². The Labute approximate surface area is 157 Å². The average Bonchev–Trinajstić information content (AvgIpc) is 2.58. The molecule has 6 nitrogen and oxygen atoms in total. The van der Waals surface area contributed by atoms with E-state index in [1.807, 2.05) is 46.8 Å². The Hall–Kier alpha value is -1.44. The summed E-state index contributed by atoms with van der Waals surface area (Å²) in [6.07, 6.45) is 0.912. The first-order valence-electron chi connectivity index (χ1n) is 9.38. The molecule has 1 aliphatic heterocycles. The fraction of sp³-hybridized carbons (Fsp3) is 0.632. The predicted molar refractivity (Wildman–Crippen MR) is 103 cm³/mol. The third-order valence-corrected chi connectivity index (χ3v) is 7.33. The molecule has 0 unspecified atom stereocenters. The zero-order chi connectivity index (χ0) is 19.5. The summed E-state index contributed by atoms with van der Waals surface area (Å²) in [5.41, 5.74) is 2.66. The quantitative estimate of drug-likeness (QED) is 0.749. The van der Waals surface area contributed by atoms with Gasteiger partial charge in [-0.15, -0.1) is 0 Å². The number of hydrogen-bond donors (Lipinski definition) is 2. The molecule has 1 aromatic carbocycles. The lowest BCUT2D eigenvalue weighted by Crippen LogP contribution is -3.19. The van der Waals surface area contributed by atoms with Crippen LogP contribution in [0.2, 0.25) is 0 Å². The number of nitrogens with one attached hydrogen (secondary N) is 2. The SMILES string of the molecule is CCCNC(=O)[C@H](C)[NH+]1CCN(S(=O)(=O)c2c(C)cc(C)cc2C)CC1. The molecular formula is C19H32N3O3S+. The van der Waals surface area contributed by atoms with Crippen molar-refractivity contribution in [1.29, 1.82) is 0 Å². The highest BCUT2D eigenvalue weighted by Crippen LogP contribution is 2.25. The van der Waals surface area contributed by atoms with Gasteiger partial charge in [-0.1, -0.05) is 24.6 Å². The first-order chi connectivity index (χ1) is 12.2. The van der Waals surface area contributed by atoms with Gasteiger partial charge in [0.05, 0.1) is 31.1 Å². The van der Waals surface area contributed by atoms with E-state index < -0.39 is 10.0 Å². The number of sulfonamides is 1. The molecule has 2 N–H and O–H groups in total. The normalized spacial score (nSPS) is 17.9. The third-order valence-electron chi connectivity index (χ3n) is 5.12. The van der Waals surface area contributed by atoms with Crippen molar-refractivity contribution >= 4 is 15.9 Å². The number of carbonyl (C=O) groups is 1. The molecule has 26 heavy (non-hydrogen) atoms. The van der Waals surface area contributed by atoms with E-state index >= 15 is 0 Å². The lowest BCUT2D eigenvalue weighted by atomic mass is 10.1. The molecule has 0 aliphatic carbocycles. The topological polar surface area (TPSA) is 70.9 Å². The van der Waals surface area contributed by atoms with Crippen molar-refractivity contribution in [2.24, 2.45) is 0 Å². The van der Waals surface area contributed by atoms with Crippen molar-refractivity contribution in [2.45, 2.75) is 52.0 Å². The minimum absolute atomic E-state index is 0.0448. The number of benzene rings is 1. The Morgan fingerprint density at radius 3 is 2.23 bits per heavy atom. The summed E-state index contributed by atoms with van der Waals surface area (Å²) in [4.78, 5) is 13.7. The molecule has 1 saturated heterocycles. The Bertz CT molecular complexity index is 730. The van der Waals surface area contributed by atoms with Crippen molar-refractivity contribution < 1.29 is 18.1 Å². The van der Waals surface area contributed by atoms with E-state index in [0.717, 1.165) is 28.0 Å². The van der Waals surface area contributed by atoms with E-state index in [1.54, 1.807) is 4.31 Å². The summed E-state index contributed by atoms with van der Waals surface area (Å²) < 4.78 is 27.8. The number of nitrogens with zero attached hydrogens (tertiary/aromatic N) is 1. The minimum Gasteiger partial charge on any atom is -0.351 e. The molecule has 7 heteroatoms. The van der Waals surface area contributed by atoms with Crippen LogP contribution in [0.25, 0.3) is 0 Å². The fourth-order valence-corrected chi connectivity index (χ4v) is 5.59. The maximum atomic E-state index is 13.1.